The maximum atomic E-state index is 12.6. The second-order valence-corrected chi connectivity index (χ2v) is 16.2. The van der Waals surface area contributed by atoms with Crippen molar-refractivity contribution in [2.24, 2.45) is 0 Å². The van der Waals surface area contributed by atoms with Gasteiger partial charge in [0.15, 0.2) is 0 Å². The van der Waals surface area contributed by atoms with Gasteiger partial charge in [-0.3, -0.25) is 5.32 Å². The summed E-state index contributed by atoms with van der Waals surface area (Å²) in [5, 5.41) is 6.88. The van der Waals surface area contributed by atoms with Gasteiger partial charge < -0.3 is 24.7 Å². The number of H-pyrrole nitrogens is 4. The number of hydrogen-bond acceptors (Lipinski definition) is 2. The quantitative estimate of drug-likeness (QED) is 0.126. The zero-order valence-corrected chi connectivity index (χ0v) is 33.6. The largest absolute Gasteiger partial charge is 0.444 e. The Bertz CT molecular complexity index is 2870. The number of fused-ring (bicyclic) bond motifs is 8. The number of rotatable bonds is 4. The fourth-order valence-corrected chi connectivity index (χ4v) is 8.40. The van der Waals surface area contributed by atoms with Crippen LogP contribution >= 0.6 is 0 Å². The van der Waals surface area contributed by atoms with E-state index in [0.717, 1.165) is 66.5 Å². The minimum Gasteiger partial charge on any atom is -0.444 e. The van der Waals surface area contributed by atoms with E-state index in [9.17, 15) is 4.79 Å². The van der Waals surface area contributed by atoms with Gasteiger partial charge in [-0.2, -0.15) is 0 Å². The van der Waals surface area contributed by atoms with Crippen LogP contribution in [0.5, 0.6) is 0 Å². The molecule has 1 aliphatic heterocycles. The molecule has 1 amide bonds. The van der Waals surface area contributed by atoms with E-state index in [0.29, 0.717) is 5.69 Å². The summed E-state index contributed by atoms with van der Waals surface area (Å²) in [5.41, 5.74) is 18.0. The molecule has 5 heterocycles. The molecule has 0 unspecified atom stereocenters. The maximum absolute atomic E-state index is 12.6. The minimum atomic E-state index is -0.598. The summed E-state index contributed by atoms with van der Waals surface area (Å²) in [6.45, 7) is 18.6. The van der Waals surface area contributed by atoms with Crippen LogP contribution in [0.3, 0.4) is 0 Å². The average Bonchev–Trinajstić information content (AvgIpc) is 3.94. The van der Waals surface area contributed by atoms with E-state index < -0.39 is 11.7 Å². The van der Waals surface area contributed by atoms with Crippen LogP contribution in [0.25, 0.3) is 22.8 Å². The smallest absolute Gasteiger partial charge is 0.412 e. The highest BCUT2D eigenvalue weighted by Gasteiger charge is 2.20. The van der Waals surface area contributed by atoms with Crippen molar-refractivity contribution in [2.75, 3.05) is 5.32 Å². The third-order valence-corrected chi connectivity index (χ3v) is 10.4. The van der Waals surface area contributed by atoms with Crippen molar-refractivity contribution in [2.45, 2.75) is 67.9 Å². The fourth-order valence-electron chi connectivity index (χ4n) is 8.40. The zero-order valence-electron chi connectivity index (χ0n) is 33.6. The standard InChI is InChI=1S/C49H49N5O2/c1-27-22-29(3)43(30(4)23-27)46-39-16-14-35(50-39)26-36-15-17-40(51-36)47(44-31(5)24-28(2)25-32(44)6)42-21-19-38(54-42)45(37-18-20-41(46)53-37)33-10-12-34(13-11-33)52-48(55)56-49(7,8)9/h10-26,50-51,53-54H,1-9H3,(H,52,55). The summed E-state index contributed by atoms with van der Waals surface area (Å²) in [5.74, 6) is 0. The number of carbonyl (C=O) groups excluding carboxylic acids is 1. The first-order valence-corrected chi connectivity index (χ1v) is 19.2. The molecular weight excluding hydrogens is 691 g/mol. The van der Waals surface area contributed by atoms with Crippen molar-refractivity contribution < 1.29 is 9.53 Å². The molecule has 0 saturated carbocycles. The van der Waals surface area contributed by atoms with Gasteiger partial charge in [0, 0.05) is 66.6 Å². The molecule has 0 radical (unpaired) electrons. The highest BCUT2D eigenvalue weighted by molar-refractivity contribution is 5.87. The monoisotopic (exact) mass is 739 g/mol. The molecular formula is C49H49N5O2. The molecule has 0 aliphatic carbocycles. The van der Waals surface area contributed by atoms with E-state index in [1.807, 2.05) is 45.0 Å². The van der Waals surface area contributed by atoms with Crippen LogP contribution in [-0.4, -0.2) is 31.6 Å². The van der Waals surface area contributed by atoms with Gasteiger partial charge in [-0.25, -0.2) is 4.79 Å². The van der Waals surface area contributed by atoms with E-state index in [2.05, 4.69) is 146 Å². The van der Waals surface area contributed by atoms with Crippen LogP contribution < -0.4 is 26.7 Å². The first-order chi connectivity index (χ1) is 26.7. The van der Waals surface area contributed by atoms with Gasteiger partial charge in [-0.1, -0.05) is 47.5 Å². The van der Waals surface area contributed by atoms with E-state index >= 15 is 0 Å². The Morgan fingerprint density at radius 1 is 0.536 bits per heavy atom. The number of hydrogen-bond donors (Lipinski definition) is 5. The number of anilines is 1. The van der Waals surface area contributed by atoms with Gasteiger partial charge in [-0.05, 0) is 168 Å². The van der Waals surface area contributed by atoms with Crippen molar-refractivity contribution in [3.63, 3.8) is 0 Å². The Morgan fingerprint density at radius 3 is 1.59 bits per heavy atom. The number of carbonyl (C=O) groups is 1. The Kier molecular flexibility index (Phi) is 9.12. The molecule has 1 aliphatic rings. The average molecular weight is 740 g/mol. The lowest BCUT2D eigenvalue weighted by atomic mass is 9.92. The first-order valence-electron chi connectivity index (χ1n) is 19.2. The Hall–Kier alpha value is -6.47. The van der Waals surface area contributed by atoms with Crippen molar-refractivity contribution in [1.29, 1.82) is 0 Å². The highest BCUT2D eigenvalue weighted by atomic mass is 16.6. The number of benzene rings is 3. The summed E-state index contributed by atoms with van der Waals surface area (Å²) in [6, 6.07) is 34.3. The van der Waals surface area contributed by atoms with Gasteiger partial charge in [0.2, 0.25) is 0 Å². The molecule has 0 saturated heterocycles. The summed E-state index contributed by atoms with van der Waals surface area (Å²) >= 11 is 0. The van der Waals surface area contributed by atoms with E-state index in [1.165, 1.54) is 44.5 Å². The lowest BCUT2D eigenvalue weighted by Crippen LogP contribution is -2.27. The van der Waals surface area contributed by atoms with E-state index in [4.69, 9.17) is 4.74 Å². The number of aryl methyl sites for hydroxylation is 6. The van der Waals surface area contributed by atoms with E-state index in [1.54, 1.807) is 0 Å². The fraction of sp³-hybridized carbons (Fsp3) is 0.204. The van der Waals surface area contributed by atoms with Gasteiger partial charge in [0.05, 0.1) is 0 Å². The molecule has 7 aromatic rings. The van der Waals surface area contributed by atoms with Crippen molar-refractivity contribution in [3.05, 3.63) is 191 Å². The van der Waals surface area contributed by atoms with Crippen molar-refractivity contribution >= 4 is 34.6 Å². The first kappa shape index (κ1) is 36.5. The van der Waals surface area contributed by atoms with Crippen LogP contribution in [0, 0.1) is 41.5 Å². The zero-order chi connectivity index (χ0) is 39.5. The van der Waals surface area contributed by atoms with Crippen LogP contribution in [0.4, 0.5) is 10.5 Å². The summed E-state index contributed by atoms with van der Waals surface area (Å²) < 4.78 is 5.52. The number of amides is 1. The molecule has 56 heavy (non-hydrogen) atoms. The van der Waals surface area contributed by atoms with Crippen molar-refractivity contribution in [1.82, 2.24) is 19.9 Å². The highest BCUT2D eigenvalue weighted by Crippen LogP contribution is 2.31. The van der Waals surface area contributed by atoms with Gasteiger partial charge in [-0.15, -0.1) is 0 Å². The number of aromatic nitrogens is 4. The maximum Gasteiger partial charge on any atom is 0.412 e. The van der Waals surface area contributed by atoms with Crippen LogP contribution in [0.2, 0.25) is 0 Å². The number of nitrogens with one attached hydrogen (secondary N) is 5. The molecule has 8 rings (SSSR count). The lowest BCUT2D eigenvalue weighted by molar-refractivity contribution is 0.0636. The topological polar surface area (TPSA) is 101 Å². The lowest BCUT2D eigenvalue weighted by Gasteiger charge is -2.19. The second-order valence-electron chi connectivity index (χ2n) is 16.2. The SMILES string of the molecule is Cc1cc(C)c(C2=c3ccc([nH]3)=Cc3ccc([nH]3)C(c3c(C)cc(C)cc3C)=c3ccc([nH]3)=C(c3ccc(NC(=O)OC(C)(C)C)cc3)c3ccc2[nH]3)c(C)c1. The molecule has 0 atom stereocenters. The molecule has 0 fully saturated rings. The third-order valence-electron chi connectivity index (χ3n) is 10.4. The Labute approximate surface area is 327 Å². The molecule has 3 aromatic carbocycles. The Balaban J connectivity index is 1.42. The molecule has 282 valence electrons. The van der Waals surface area contributed by atoms with Gasteiger partial charge in [0.25, 0.3) is 0 Å². The van der Waals surface area contributed by atoms with Crippen LogP contribution in [0.1, 0.15) is 93.6 Å². The minimum absolute atomic E-state index is 0.488. The van der Waals surface area contributed by atoms with Crippen molar-refractivity contribution in [3.8, 4) is 0 Å². The molecule has 0 spiro atoms. The Morgan fingerprint density at radius 2 is 1.02 bits per heavy atom. The van der Waals surface area contributed by atoms with E-state index in [-0.39, 0.29) is 0 Å². The van der Waals surface area contributed by atoms with Gasteiger partial charge >= 0.3 is 6.09 Å². The molecule has 8 bridgehead atoms. The third kappa shape index (κ3) is 7.08. The second kappa shape index (κ2) is 14.0. The number of ether oxygens (including phenoxy) is 1. The molecule has 7 heteroatoms. The molecule has 7 nitrogen and oxygen atoms in total. The normalized spacial score (nSPS) is 12.8. The number of aromatic amines is 4. The predicted octanol–water partition coefficient (Wildman–Crippen LogP) is 8.08. The molecule has 5 N–H and O–H groups in total. The predicted molar refractivity (Wildman–Crippen MR) is 228 cm³/mol. The van der Waals surface area contributed by atoms with Crippen LogP contribution in [-0.2, 0) is 4.74 Å². The van der Waals surface area contributed by atoms with Gasteiger partial charge in [0.1, 0.15) is 5.60 Å². The summed E-state index contributed by atoms with van der Waals surface area (Å²) in [4.78, 5) is 27.9. The van der Waals surface area contributed by atoms with Crippen LogP contribution in [0.15, 0.2) is 97.1 Å². The molecule has 4 aromatic heterocycles. The summed E-state index contributed by atoms with van der Waals surface area (Å²) in [6.07, 6.45) is 1.68. The summed E-state index contributed by atoms with van der Waals surface area (Å²) in [7, 11) is 0.